The van der Waals surface area contributed by atoms with Gasteiger partial charge in [-0.15, -0.1) is 0 Å². The van der Waals surface area contributed by atoms with Crippen LogP contribution in [0, 0.1) is 19.8 Å². The maximum Gasteiger partial charge on any atom is 0.227 e. The molecule has 162 valence electrons. The maximum absolute atomic E-state index is 12.8. The van der Waals surface area contributed by atoms with E-state index in [0.717, 1.165) is 55.2 Å². The molecule has 0 spiro atoms. The number of piperidine rings is 1. The lowest BCUT2D eigenvalue weighted by Gasteiger charge is -2.33. The molecule has 0 aliphatic carbocycles. The van der Waals surface area contributed by atoms with E-state index in [4.69, 9.17) is 0 Å². The van der Waals surface area contributed by atoms with Gasteiger partial charge >= 0.3 is 0 Å². The third-order valence-corrected chi connectivity index (χ3v) is 6.25. The molecule has 31 heavy (non-hydrogen) atoms. The molecule has 0 unspecified atom stereocenters. The van der Waals surface area contributed by atoms with Gasteiger partial charge in [0.25, 0.3) is 0 Å². The second-order valence-corrected chi connectivity index (χ2v) is 8.76. The first kappa shape index (κ1) is 21.3. The van der Waals surface area contributed by atoms with Crippen LogP contribution in [-0.4, -0.2) is 40.2 Å². The first-order valence-corrected chi connectivity index (χ1v) is 11.2. The van der Waals surface area contributed by atoms with Crippen LogP contribution < -0.4 is 5.32 Å². The Kier molecular flexibility index (Phi) is 6.52. The van der Waals surface area contributed by atoms with Crippen molar-refractivity contribution >= 4 is 11.6 Å². The Labute approximate surface area is 185 Å². The van der Waals surface area contributed by atoms with Crippen LogP contribution in [-0.2, 0) is 4.79 Å². The van der Waals surface area contributed by atoms with E-state index in [9.17, 15) is 4.79 Å². The molecule has 1 aliphatic heterocycles. The van der Waals surface area contributed by atoms with Crippen molar-refractivity contribution in [2.75, 3.05) is 25.0 Å². The van der Waals surface area contributed by atoms with Crippen molar-refractivity contribution < 1.29 is 4.79 Å². The summed E-state index contributed by atoms with van der Waals surface area (Å²) in [7, 11) is 0. The predicted octanol–water partition coefficient (Wildman–Crippen LogP) is 4.94. The van der Waals surface area contributed by atoms with Gasteiger partial charge in [-0.05, 0) is 81.6 Å². The van der Waals surface area contributed by atoms with Crippen LogP contribution in [0.25, 0.3) is 5.69 Å². The number of likely N-dealkylation sites (tertiary alicyclic amines) is 1. The van der Waals surface area contributed by atoms with E-state index in [-0.39, 0.29) is 11.8 Å². The monoisotopic (exact) mass is 416 g/mol. The lowest BCUT2D eigenvalue weighted by atomic mass is 9.94. The zero-order chi connectivity index (χ0) is 21.8. The van der Waals surface area contributed by atoms with Crippen molar-refractivity contribution in [3.8, 4) is 5.69 Å². The Balaban J connectivity index is 1.28. The molecule has 0 radical (unpaired) electrons. The van der Waals surface area contributed by atoms with Gasteiger partial charge in [0.1, 0.15) is 0 Å². The highest BCUT2D eigenvalue weighted by Gasteiger charge is 2.26. The van der Waals surface area contributed by atoms with Gasteiger partial charge in [-0.25, -0.2) is 4.68 Å². The summed E-state index contributed by atoms with van der Waals surface area (Å²) in [6.07, 6.45) is 1.83. The molecule has 0 saturated carbocycles. The Morgan fingerprint density at radius 2 is 1.74 bits per heavy atom. The largest absolute Gasteiger partial charge is 0.326 e. The van der Waals surface area contributed by atoms with Crippen molar-refractivity contribution in [1.82, 2.24) is 14.7 Å². The molecule has 5 heteroatoms. The normalized spacial score (nSPS) is 16.2. The molecule has 1 fully saturated rings. The zero-order valence-electron chi connectivity index (χ0n) is 18.7. The molecule has 2 heterocycles. The van der Waals surface area contributed by atoms with Crippen LogP contribution in [0.4, 0.5) is 5.69 Å². The van der Waals surface area contributed by atoms with Crippen LogP contribution >= 0.6 is 0 Å². The third-order valence-electron chi connectivity index (χ3n) is 6.25. The summed E-state index contributed by atoms with van der Waals surface area (Å²) < 4.78 is 1.92. The molecule has 5 nitrogen and oxygen atoms in total. The number of benzene rings is 2. The number of hydrogen-bond donors (Lipinski definition) is 1. The van der Waals surface area contributed by atoms with Crippen molar-refractivity contribution in [3.05, 3.63) is 77.6 Å². The molecule has 4 rings (SSSR count). The summed E-state index contributed by atoms with van der Waals surface area (Å²) in [5, 5.41) is 7.62. The second-order valence-electron chi connectivity index (χ2n) is 8.76. The van der Waals surface area contributed by atoms with Gasteiger partial charge in [0.2, 0.25) is 5.91 Å². The molecular weight excluding hydrogens is 384 g/mol. The molecule has 1 saturated heterocycles. The lowest BCUT2D eigenvalue weighted by Crippen LogP contribution is -2.39. The number of carbonyl (C=O) groups is 1. The molecule has 1 aromatic heterocycles. The van der Waals surface area contributed by atoms with Gasteiger partial charge in [-0.1, -0.05) is 37.3 Å². The van der Waals surface area contributed by atoms with E-state index in [1.165, 1.54) is 5.56 Å². The van der Waals surface area contributed by atoms with E-state index in [2.05, 4.69) is 58.6 Å². The number of carbonyl (C=O) groups excluding carboxylic acids is 1. The van der Waals surface area contributed by atoms with Gasteiger partial charge in [-0.2, -0.15) is 5.10 Å². The molecule has 0 bridgehead atoms. The average Bonchev–Trinajstić information content (AvgIpc) is 3.13. The number of rotatable bonds is 6. The predicted molar refractivity (Wildman–Crippen MR) is 126 cm³/mol. The fourth-order valence-corrected chi connectivity index (χ4v) is 4.47. The minimum Gasteiger partial charge on any atom is -0.326 e. The number of hydrogen-bond acceptors (Lipinski definition) is 3. The number of aryl methyl sites for hydroxylation is 2. The summed E-state index contributed by atoms with van der Waals surface area (Å²) in [6, 6.07) is 20.6. The molecule has 1 amide bonds. The van der Waals surface area contributed by atoms with Gasteiger partial charge in [0.05, 0.1) is 11.4 Å². The molecule has 1 aliphatic rings. The minimum atomic E-state index is 0.0824. The Bertz CT molecular complexity index is 1000. The first-order chi connectivity index (χ1) is 15.0. The Morgan fingerprint density at radius 1 is 1.06 bits per heavy atom. The molecule has 2 aromatic carbocycles. The SMILES string of the molecule is Cc1cc(C)n(-c2ccc(NC(=O)C3CCN(C[C@@H](C)c4ccccc4)CC3)cc2)n1. The second kappa shape index (κ2) is 9.48. The Hall–Kier alpha value is -2.92. The fourth-order valence-electron chi connectivity index (χ4n) is 4.47. The van der Waals surface area contributed by atoms with E-state index < -0.39 is 0 Å². The first-order valence-electron chi connectivity index (χ1n) is 11.2. The van der Waals surface area contributed by atoms with Crippen LogP contribution in [0.2, 0.25) is 0 Å². The number of nitrogens with one attached hydrogen (secondary N) is 1. The molecule has 1 atom stereocenters. The Morgan fingerprint density at radius 3 is 2.35 bits per heavy atom. The van der Waals surface area contributed by atoms with Crippen LogP contribution in [0.1, 0.15) is 42.6 Å². The van der Waals surface area contributed by atoms with E-state index in [1.54, 1.807) is 0 Å². The van der Waals surface area contributed by atoms with E-state index in [1.807, 2.05) is 42.8 Å². The highest BCUT2D eigenvalue weighted by Crippen LogP contribution is 2.23. The van der Waals surface area contributed by atoms with Gasteiger partial charge in [0.15, 0.2) is 0 Å². The smallest absolute Gasteiger partial charge is 0.227 e. The molecule has 3 aromatic rings. The maximum atomic E-state index is 12.8. The number of amides is 1. The van der Waals surface area contributed by atoms with Crippen LogP contribution in [0.5, 0.6) is 0 Å². The van der Waals surface area contributed by atoms with Gasteiger partial charge < -0.3 is 10.2 Å². The summed E-state index contributed by atoms with van der Waals surface area (Å²) >= 11 is 0. The van der Waals surface area contributed by atoms with Crippen molar-refractivity contribution in [2.45, 2.75) is 39.5 Å². The number of nitrogens with zero attached hydrogens (tertiary/aromatic N) is 3. The van der Waals surface area contributed by atoms with Gasteiger partial charge in [-0.3, -0.25) is 4.79 Å². The van der Waals surface area contributed by atoms with Crippen molar-refractivity contribution in [3.63, 3.8) is 0 Å². The third kappa shape index (κ3) is 5.23. The number of aromatic nitrogens is 2. The van der Waals surface area contributed by atoms with E-state index >= 15 is 0 Å². The summed E-state index contributed by atoms with van der Waals surface area (Å²) in [5.74, 6) is 0.723. The summed E-state index contributed by atoms with van der Waals surface area (Å²) in [4.78, 5) is 15.3. The summed E-state index contributed by atoms with van der Waals surface area (Å²) in [5.41, 5.74) is 5.33. The quantitative estimate of drug-likeness (QED) is 0.619. The van der Waals surface area contributed by atoms with Crippen molar-refractivity contribution in [2.24, 2.45) is 5.92 Å². The molecular formula is C26H32N4O. The average molecular weight is 417 g/mol. The van der Waals surface area contributed by atoms with Crippen LogP contribution in [0.3, 0.4) is 0 Å². The number of anilines is 1. The zero-order valence-corrected chi connectivity index (χ0v) is 18.7. The molecule has 1 N–H and O–H groups in total. The fraction of sp³-hybridized carbons (Fsp3) is 0.385. The highest BCUT2D eigenvalue weighted by molar-refractivity contribution is 5.92. The topological polar surface area (TPSA) is 50.2 Å². The van der Waals surface area contributed by atoms with Crippen molar-refractivity contribution in [1.29, 1.82) is 0 Å². The van der Waals surface area contributed by atoms with Gasteiger partial charge in [0, 0.05) is 23.8 Å². The van der Waals surface area contributed by atoms with Crippen LogP contribution in [0.15, 0.2) is 60.7 Å². The standard InChI is InChI=1S/C26H32N4O/c1-19(22-7-5-4-6-8-22)18-29-15-13-23(14-16-29)26(31)27-24-9-11-25(12-10-24)30-21(3)17-20(2)28-30/h4-12,17,19,23H,13-16,18H2,1-3H3,(H,27,31)/t19-/m1/s1. The lowest BCUT2D eigenvalue weighted by molar-refractivity contribution is -0.121. The van der Waals surface area contributed by atoms with E-state index in [0.29, 0.717) is 5.92 Å². The minimum absolute atomic E-state index is 0.0824. The highest BCUT2D eigenvalue weighted by atomic mass is 16.1. The summed E-state index contributed by atoms with van der Waals surface area (Å²) in [6.45, 7) is 9.32.